The highest BCUT2D eigenvalue weighted by Crippen LogP contribution is 2.30. The second kappa shape index (κ2) is 16.0. The molecule has 3 aromatic carbocycles. The van der Waals surface area contributed by atoms with E-state index in [1.165, 1.54) is 16.7 Å². The molecule has 0 radical (unpaired) electrons. The summed E-state index contributed by atoms with van der Waals surface area (Å²) in [6.45, 7) is 5.55. The Bertz CT molecular complexity index is 1270. The zero-order chi connectivity index (χ0) is 28.0. The molecule has 1 aliphatic rings. The molecule has 41 heavy (non-hydrogen) atoms. The lowest BCUT2D eigenvalue weighted by atomic mass is 9.87. The van der Waals surface area contributed by atoms with E-state index in [0.29, 0.717) is 45.6 Å². The number of benzene rings is 3. The van der Waals surface area contributed by atoms with Gasteiger partial charge in [-0.15, -0.1) is 0 Å². The van der Waals surface area contributed by atoms with Gasteiger partial charge >= 0.3 is 0 Å². The smallest absolute Gasteiger partial charge is 0.119 e. The number of hydrogen-bond acceptors (Lipinski definition) is 6. The third kappa shape index (κ3) is 9.51. The van der Waals surface area contributed by atoms with E-state index in [9.17, 15) is 0 Å². The maximum Gasteiger partial charge on any atom is 0.119 e. The molecule has 6 nitrogen and oxygen atoms in total. The van der Waals surface area contributed by atoms with Crippen molar-refractivity contribution in [2.24, 2.45) is 0 Å². The molecule has 6 heteroatoms. The van der Waals surface area contributed by atoms with Crippen molar-refractivity contribution in [3.8, 4) is 5.75 Å². The van der Waals surface area contributed by atoms with E-state index in [1.807, 2.05) is 36.5 Å². The van der Waals surface area contributed by atoms with Gasteiger partial charge in [-0.25, -0.2) is 0 Å². The average molecular weight is 553 g/mol. The SMILES string of the molecule is c1ccc(COCCCOc2ccc(C3CCNCC3OCc3ccc(COCc4cccnc4)cc3)cc2)cc1. The summed E-state index contributed by atoms with van der Waals surface area (Å²) in [7, 11) is 0. The van der Waals surface area contributed by atoms with Crippen molar-refractivity contribution in [1.82, 2.24) is 10.3 Å². The Balaban J connectivity index is 1.02. The minimum atomic E-state index is 0.125. The van der Waals surface area contributed by atoms with Gasteiger partial charge in [-0.3, -0.25) is 4.98 Å². The van der Waals surface area contributed by atoms with Crippen LogP contribution in [-0.4, -0.2) is 37.4 Å². The highest BCUT2D eigenvalue weighted by molar-refractivity contribution is 5.31. The molecule has 0 spiro atoms. The van der Waals surface area contributed by atoms with Gasteiger partial charge in [0.15, 0.2) is 0 Å². The van der Waals surface area contributed by atoms with Crippen LogP contribution in [-0.2, 0) is 40.6 Å². The van der Waals surface area contributed by atoms with E-state index < -0.39 is 0 Å². The lowest BCUT2D eigenvalue weighted by Crippen LogP contribution is -2.40. The quantitative estimate of drug-likeness (QED) is 0.171. The lowest BCUT2D eigenvalue weighted by molar-refractivity contribution is 0.0106. The summed E-state index contributed by atoms with van der Waals surface area (Å²) in [5.41, 5.74) is 5.89. The van der Waals surface area contributed by atoms with Crippen LogP contribution < -0.4 is 10.1 Å². The van der Waals surface area contributed by atoms with Crippen LogP contribution in [0.3, 0.4) is 0 Å². The van der Waals surface area contributed by atoms with E-state index >= 15 is 0 Å². The zero-order valence-electron chi connectivity index (χ0n) is 23.6. The van der Waals surface area contributed by atoms with Gasteiger partial charge in [0.25, 0.3) is 0 Å². The monoisotopic (exact) mass is 552 g/mol. The Morgan fingerprint density at radius 3 is 2.17 bits per heavy atom. The maximum absolute atomic E-state index is 6.43. The Labute approximate surface area is 243 Å². The number of piperidine rings is 1. The van der Waals surface area contributed by atoms with E-state index in [4.69, 9.17) is 18.9 Å². The molecule has 1 N–H and O–H groups in total. The molecule has 2 atom stereocenters. The van der Waals surface area contributed by atoms with Gasteiger partial charge < -0.3 is 24.3 Å². The van der Waals surface area contributed by atoms with Gasteiger partial charge in [0.1, 0.15) is 5.75 Å². The second-order valence-electron chi connectivity index (χ2n) is 10.4. The Kier molecular flexibility index (Phi) is 11.3. The molecule has 0 bridgehead atoms. The zero-order valence-corrected chi connectivity index (χ0v) is 23.6. The molecule has 1 fully saturated rings. The minimum Gasteiger partial charge on any atom is -0.494 e. The minimum absolute atomic E-state index is 0.125. The molecule has 2 heterocycles. The number of nitrogens with one attached hydrogen (secondary N) is 1. The molecule has 1 aliphatic heterocycles. The van der Waals surface area contributed by atoms with Crippen molar-refractivity contribution in [1.29, 1.82) is 0 Å². The molecule has 4 aromatic rings. The third-order valence-corrected chi connectivity index (χ3v) is 7.30. The Morgan fingerprint density at radius 2 is 1.39 bits per heavy atom. The number of rotatable bonds is 15. The van der Waals surface area contributed by atoms with Crippen molar-refractivity contribution < 1.29 is 18.9 Å². The van der Waals surface area contributed by atoms with Crippen molar-refractivity contribution in [3.63, 3.8) is 0 Å². The first-order chi connectivity index (χ1) is 20.3. The number of pyridine rings is 1. The van der Waals surface area contributed by atoms with Crippen LogP contribution in [0.5, 0.6) is 5.75 Å². The molecule has 5 rings (SSSR count). The predicted molar refractivity (Wildman–Crippen MR) is 161 cm³/mol. The summed E-state index contributed by atoms with van der Waals surface area (Å²) in [6, 6.07) is 31.2. The first-order valence-electron chi connectivity index (χ1n) is 14.5. The topological polar surface area (TPSA) is 61.8 Å². The molecule has 0 amide bonds. The second-order valence-corrected chi connectivity index (χ2v) is 10.4. The van der Waals surface area contributed by atoms with Gasteiger partial charge in [-0.2, -0.15) is 0 Å². The summed E-state index contributed by atoms with van der Waals surface area (Å²) in [5, 5.41) is 3.50. The molecule has 1 saturated heterocycles. The van der Waals surface area contributed by atoms with Crippen LogP contribution >= 0.6 is 0 Å². The highest BCUT2D eigenvalue weighted by Gasteiger charge is 2.27. The number of ether oxygens (including phenoxy) is 4. The van der Waals surface area contributed by atoms with Crippen LogP contribution in [0, 0.1) is 0 Å². The Hall–Kier alpha value is -3.55. The molecular weight excluding hydrogens is 512 g/mol. The van der Waals surface area contributed by atoms with Crippen molar-refractivity contribution >= 4 is 0 Å². The van der Waals surface area contributed by atoms with Crippen LogP contribution in [0.2, 0.25) is 0 Å². The largest absolute Gasteiger partial charge is 0.494 e. The maximum atomic E-state index is 6.43. The predicted octanol–water partition coefficient (Wildman–Crippen LogP) is 6.45. The van der Waals surface area contributed by atoms with Gasteiger partial charge in [0.05, 0.1) is 45.7 Å². The van der Waals surface area contributed by atoms with Crippen LogP contribution in [0.25, 0.3) is 0 Å². The van der Waals surface area contributed by atoms with Crippen LogP contribution in [0.4, 0.5) is 0 Å². The van der Waals surface area contributed by atoms with Crippen molar-refractivity contribution in [3.05, 3.63) is 131 Å². The Morgan fingerprint density at radius 1 is 0.683 bits per heavy atom. The molecule has 0 aliphatic carbocycles. The average Bonchev–Trinajstić information content (AvgIpc) is 3.04. The van der Waals surface area contributed by atoms with E-state index in [2.05, 4.69) is 71.0 Å². The number of aromatic nitrogens is 1. The number of nitrogens with zero attached hydrogens (tertiary/aromatic N) is 1. The first kappa shape index (κ1) is 29.0. The molecule has 0 saturated carbocycles. The van der Waals surface area contributed by atoms with E-state index in [-0.39, 0.29) is 6.10 Å². The van der Waals surface area contributed by atoms with Crippen molar-refractivity contribution in [2.45, 2.75) is 51.3 Å². The standard InChI is InChI=1S/C35H40N2O4/c1-2-6-28(7-3-1)24-38-20-5-21-40-33-15-13-32(14-16-33)34-17-19-37-23-35(34)41-27-30-11-9-29(10-12-30)25-39-26-31-8-4-18-36-22-31/h1-4,6-16,18,22,34-35,37H,5,17,19-21,23-27H2. The fraction of sp³-hybridized carbons (Fsp3) is 0.343. The normalized spacial score (nSPS) is 16.9. The van der Waals surface area contributed by atoms with Gasteiger partial charge in [-0.1, -0.05) is 72.8 Å². The van der Waals surface area contributed by atoms with Crippen LogP contribution in [0.1, 0.15) is 46.6 Å². The first-order valence-corrected chi connectivity index (χ1v) is 14.5. The fourth-order valence-electron chi connectivity index (χ4n) is 5.02. The van der Waals surface area contributed by atoms with E-state index in [1.54, 1.807) is 6.20 Å². The summed E-state index contributed by atoms with van der Waals surface area (Å²) < 4.78 is 24.0. The molecule has 214 valence electrons. The molecule has 1 aromatic heterocycles. The van der Waals surface area contributed by atoms with Gasteiger partial charge in [-0.05, 0) is 59.0 Å². The highest BCUT2D eigenvalue weighted by atomic mass is 16.5. The summed E-state index contributed by atoms with van der Waals surface area (Å²) in [4.78, 5) is 4.13. The van der Waals surface area contributed by atoms with Crippen LogP contribution in [0.15, 0.2) is 103 Å². The van der Waals surface area contributed by atoms with Gasteiger partial charge in [0.2, 0.25) is 0 Å². The van der Waals surface area contributed by atoms with Gasteiger partial charge in [0, 0.05) is 31.3 Å². The van der Waals surface area contributed by atoms with Crippen molar-refractivity contribution in [2.75, 3.05) is 26.3 Å². The molecule has 2 unspecified atom stereocenters. The van der Waals surface area contributed by atoms with E-state index in [0.717, 1.165) is 42.8 Å². The summed E-state index contributed by atoms with van der Waals surface area (Å²) in [5.74, 6) is 1.25. The summed E-state index contributed by atoms with van der Waals surface area (Å²) >= 11 is 0. The fourth-order valence-corrected chi connectivity index (χ4v) is 5.02. The molecular formula is C35H40N2O4. The third-order valence-electron chi connectivity index (χ3n) is 7.30. The summed E-state index contributed by atoms with van der Waals surface area (Å²) in [6.07, 6.45) is 5.64. The number of hydrogen-bond donors (Lipinski definition) is 1. The lowest BCUT2D eigenvalue weighted by Gasteiger charge is -2.32.